The number of fused-ring (bicyclic) bond motifs is 4. The fourth-order valence-corrected chi connectivity index (χ4v) is 4.15. The third-order valence-corrected chi connectivity index (χ3v) is 5.58. The lowest BCUT2D eigenvalue weighted by Gasteiger charge is -2.13. The Morgan fingerprint density at radius 2 is 1.96 bits per heavy atom. The van der Waals surface area contributed by atoms with Crippen molar-refractivity contribution in [2.75, 3.05) is 0 Å². The zero-order chi connectivity index (χ0) is 17.9. The quantitative estimate of drug-likeness (QED) is 0.538. The topological polar surface area (TPSA) is 17.3 Å². The molecule has 3 aromatic rings. The third kappa shape index (κ3) is 2.25. The second-order valence-corrected chi connectivity index (χ2v) is 7.15. The Hall–Kier alpha value is -2.46. The Morgan fingerprint density at radius 3 is 2.85 bits per heavy atom. The summed E-state index contributed by atoms with van der Waals surface area (Å²) in [7, 11) is 0. The van der Waals surface area contributed by atoms with Crippen molar-refractivity contribution in [3.8, 4) is 5.69 Å². The molecule has 5 rings (SSSR count). The number of aryl methyl sites for hydroxylation is 1. The molecule has 130 valence electrons. The molecule has 0 bridgehead atoms. The van der Waals surface area contributed by atoms with Crippen molar-refractivity contribution in [2.45, 2.75) is 25.3 Å². The molecule has 2 nitrogen and oxygen atoms in total. The maximum Gasteiger partial charge on any atom is 0.273 e. The van der Waals surface area contributed by atoms with Gasteiger partial charge in [0.05, 0.1) is 23.6 Å². The second-order valence-electron chi connectivity index (χ2n) is 6.74. The molecule has 26 heavy (non-hydrogen) atoms. The molecule has 0 radical (unpaired) electrons. The van der Waals surface area contributed by atoms with Crippen LogP contribution in [0.2, 0.25) is 5.02 Å². The fourth-order valence-electron chi connectivity index (χ4n) is 3.92. The van der Waals surface area contributed by atoms with Gasteiger partial charge in [0.25, 0.3) is 5.92 Å². The first-order valence-corrected chi connectivity index (χ1v) is 8.94. The van der Waals surface area contributed by atoms with Crippen molar-refractivity contribution in [3.05, 3.63) is 87.7 Å². The maximum absolute atomic E-state index is 13.9. The highest BCUT2D eigenvalue weighted by atomic mass is 35.5. The summed E-state index contributed by atoms with van der Waals surface area (Å²) in [6.07, 6.45) is 2.26. The molecule has 2 aliphatic rings. The van der Waals surface area contributed by atoms with Crippen LogP contribution in [0.1, 0.15) is 34.4 Å². The summed E-state index contributed by atoms with van der Waals surface area (Å²) >= 11 is 6.38. The summed E-state index contributed by atoms with van der Waals surface area (Å²) in [6, 6.07) is 14.9. The molecule has 0 amide bonds. The zero-order valence-corrected chi connectivity index (χ0v) is 14.6. The molecule has 0 saturated carbocycles. The molecule has 1 aliphatic carbocycles. The fraction of sp³-hybridized carbons (Fsp3) is 0.190. The Kier molecular flexibility index (Phi) is 3.35. The molecule has 0 saturated heterocycles. The summed E-state index contributed by atoms with van der Waals surface area (Å²) in [5.41, 5.74) is 5.45. The third-order valence-electron chi connectivity index (χ3n) is 5.22. The normalized spacial score (nSPS) is 17.1. The van der Waals surface area contributed by atoms with Gasteiger partial charge in [-0.05, 0) is 42.3 Å². The van der Waals surface area contributed by atoms with Crippen LogP contribution in [0, 0.1) is 0 Å². The average molecular weight is 369 g/mol. The Morgan fingerprint density at radius 1 is 1.08 bits per heavy atom. The first kappa shape index (κ1) is 15.8. The van der Waals surface area contributed by atoms with E-state index in [1.54, 1.807) is 12.1 Å². The van der Waals surface area contributed by atoms with Gasteiger partial charge in [-0.2, -0.15) is 0 Å². The van der Waals surface area contributed by atoms with E-state index >= 15 is 0 Å². The number of nitrogens with zero attached hydrogens (tertiary/aromatic N) is 2. The van der Waals surface area contributed by atoms with Crippen molar-refractivity contribution in [3.63, 3.8) is 0 Å². The van der Waals surface area contributed by atoms with Crippen molar-refractivity contribution >= 4 is 17.3 Å². The molecule has 2 heterocycles. The minimum absolute atomic E-state index is 0.115. The molecule has 5 heteroatoms. The van der Waals surface area contributed by atoms with Crippen molar-refractivity contribution in [1.82, 2.24) is 4.57 Å². The highest BCUT2D eigenvalue weighted by Crippen LogP contribution is 2.42. The lowest BCUT2D eigenvalue weighted by Crippen LogP contribution is -2.10. The van der Waals surface area contributed by atoms with Crippen LogP contribution >= 0.6 is 11.6 Å². The lowest BCUT2D eigenvalue weighted by molar-refractivity contribution is -0.00183. The van der Waals surface area contributed by atoms with Gasteiger partial charge >= 0.3 is 0 Å². The molecular weight excluding hydrogens is 354 g/mol. The number of aliphatic imine (C=N–C) groups is 1. The van der Waals surface area contributed by atoms with Crippen LogP contribution in [0.15, 0.2) is 59.7 Å². The minimum atomic E-state index is -2.72. The summed E-state index contributed by atoms with van der Waals surface area (Å²) in [4.78, 5) is 4.79. The van der Waals surface area contributed by atoms with Crippen LogP contribution in [-0.2, 0) is 18.9 Å². The van der Waals surface area contributed by atoms with E-state index in [1.165, 1.54) is 0 Å². The van der Waals surface area contributed by atoms with Gasteiger partial charge in [-0.1, -0.05) is 29.8 Å². The number of rotatable bonds is 1. The highest BCUT2D eigenvalue weighted by molar-refractivity contribution is 6.31. The van der Waals surface area contributed by atoms with E-state index in [0.717, 1.165) is 28.2 Å². The molecule has 0 spiro atoms. The maximum atomic E-state index is 13.9. The van der Waals surface area contributed by atoms with E-state index in [4.69, 9.17) is 16.6 Å². The molecular formula is C21H15ClF2N2. The first-order chi connectivity index (χ1) is 12.5. The smallest absolute Gasteiger partial charge is 0.273 e. The zero-order valence-electron chi connectivity index (χ0n) is 13.8. The summed E-state index contributed by atoms with van der Waals surface area (Å²) in [5.74, 6) is -2.72. The SMILES string of the molecule is FC1(F)CCc2cc(C3=NCc4c(Cl)cccc4-n4cccc43)ccc21. The van der Waals surface area contributed by atoms with Crippen LogP contribution in [0.4, 0.5) is 8.78 Å². The number of benzene rings is 2. The van der Waals surface area contributed by atoms with Gasteiger partial charge in [0.1, 0.15) is 0 Å². The summed E-state index contributed by atoms with van der Waals surface area (Å²) in [5, 5.41) is 0.681. The second kappa shape index (κ2) is 5.52. The number of halogens is 3. The number of alkyl halides is 2. The Bertz CT molecular complexity index is 1070. The predicted molar refractivity (Wildman–Crippen MR) is 98.8 cm³/mol. The van der Waals surface area contributed by atoms with Gasteiger partial charge in [-0.25, -0.2) is 8.78 Å². The van der Waals surface area contributed by atoms with Crippen molar-refractivity contribution in [2.24, 2.45) is 4.99 Å². The number of aromatic nitrogens is 1. The van der Waals surface area contributed by atoms with Crippen LogP contribution in [-0.4, -0.2) is 10.3 Å². The van der Waals surface area contributed by atoms with Gasteiger partial charge in [0.15, 0.2) is 0 Å². The molecule has 0 fully saturated rings. The van der Waals surface area contributed by atoms with Crippen LogP contribution in [0.5, 0.6) is 0 Å². The number of hydrogen-bond donors (Lipinski definition) is 0. The first-order valence-electron chi connectivity index (χ1n) is 8.56. The Balaban J connectivity index is 1.67. The summed E-state index contributed by atoms with van der Waals surface area (Å²) < 4.78 is 29.9. The van der Waals surface area contributed by atoms with Crippen LogP contribution < -0.4 is 0 Å². The van der Waals surface area contributed by atoms with E-state index in [9.17, 15) is 8.78 Å². The van der Waals surface area contributed by atoms with E-state index in [0.29, 0.717) is 23.6 Å². The molecule has 2 aromatic carbocycles. The molecule has 0 N–H and O–H groups in total. The summed E-state index contributed by atoms with van der Waals surface area (Å²) in [6.45, 7) is 0.458. The molecule has 1 aliphatic heterocycles. The van der Waals surface area contributed by atoms with Gasteiger partial charge < -0.3 is 4.57 Å². The van der Waals surface area contributed by atoms with Gasteiger partial charge in [-0.3, -0.25) is 4.99 Å². The van der Waals surface area contributed by atoms with Crippen molar-refractivity contribution < 1.29 is 8.78 Å². The standard InChI is InChI=1S/C21H15ClF2N2/c22-17-3-1-4-18-15(17)12-25-20(19-5-2-10-26(18)19)14-6-7-16-13(11-14)8-9-21(16,23)24/h1-7,10-11H,8-9,12H2. The molecule has 1 aromatic heterocycles. The van der Waals surface area contributed by atoms with E-state index < -0.39 is 5.92 Å². The number of hydrogen-bond acceptors (Lipinski definition) is 1. The van der Waals surface area contributed by atoms with Gasteiger partial charge in [-0.15, -0.1) is 0 Å². The largest absolute Gasteiger partial charge is 0.315 e. The van der Waals surface area contributed by atoms with Crippen molar-refractivity contribution in [1.29, 1.82) is 0 Å². The van der Waals surface area contributed by atoms with Gasteiger partial charge in [0.2, 0.25) is 0 Å². The minimum Gasteiger partial charge on any atom is -0.315 e. The van der Waals surface area contributed by atoms with Crippen LogP contribution in [0.25, 0.3) is 5.69 Å². The lowest BCUT2D eigenvalue weighted by atomic mass is 10.0. The highest BCUT2D eigenvalue weighted by Gasteiger charge is 2.39. The monoisotopic (exact) mass is 368 g/mol. The van der Waals surface area contributed by atoms with Gasteiger partial charge in [0, 0.05) is 34.3 Å². The van der Waals surface area contributed by atoms with E-state index in [-0.39, 0.29) is 12.0 Å². The van der Waals surface area contributed by atoms with Crippen LogP contribution in [0.3, 0.4) is 0 Å². The Labute approximate surface area is 154 Å². The predicted octanol–water partition coefficient (Wildman–Crippen LogP) is 5.52. The van der Waals surface area contributed by atoms with E-state index in [2.05, 4.69) is 4.57 Å². The average Bonchev–Trinajstić information content (AvgIpc) is 3.17. The van der Waals surface area contributed by atoms with E-state index in [1.807, 2.05) is 42.6 Å². The molecule has 0 atom stereocenters. The molecule has 0 unspecified atom stereocenters.